The summed E-state index contributed by atoms with van der Waals surface area (Å²) in [5.41, 5.74) is 1.96. The topological polar surface area (TPSA) is 0 Å². The van der Waals surface area contributed by atoms with Crippen molar-refractivity contribution < 1.29 is 13.2 Å². The van der Waals surface area contributed by atoms with Gasteiger partial charge in [-0.15, -0.1) is 0 Å². The molecule has 1 saturated carbocycles. The van der Waals surface area contributed by atoms with Gasteiger partial charge in [-0.05, 0) is 60.8 Å². The molecule has 0 spiro atoms. The van der Waals surface area contributed by atoms with Crippen LogP contribution in [0.25, 0.3) is 11.1 Å². The summed E-state index contributed by atoms with van der Waals surface area (Å²) in [5, 5.41) is 0. The fraction of sp³-hybridized carbons (Fsp3) is 0.500. The second-order valence-electron chi connectivity index (χ2n) is 7.91. The van der Waals surface area contributed by atoms with Gasteiger partial charge < -0.3 is 0 Å². The maximum absolute atomic E-state index is 14.0. The highest BCUT2D eigenvalue weighted by Crippen LogP contribution is 2.38. The predicted octanol–water partition coefficient (Wildman–Crippen LogP) is 8.02. The van der Waals surface area contributed by atoms with Crippen LogP contribution in [0.1, 0.15) is 76.2 Å². The highest BCUT2D eigenvalue weighted by Gasteiger charge is 2.22. The highest BCUT2D eigenvalue weighted by molar-refractivity contribution is 5.64. The van der Waals surface area contributed by atoms with Gasteiger partial charge in [-0.1, -0.05) is 63.3 Å². The van der Waals surface area contributed by atoms with Crippen LogP contribution in [-0.2, 0) is 0 Å². The van der Waals surface area contributed by atoms with E-state index in [0.29, 0.717) is 11.5 Å². The van der Waals surface area contributed by atoms with Crippen LogP contribution in [0.5, 0.6) is 0 Å². The summed E-state index contributed by atoms with van der Waals surface area (Å²) in [5.74, 6) is -2.26. The Bertz CT molecular complexity index is 728. The van der Waals surface area contributed by atoms with Crippen LogP contribution in [0, 0.1) is 23.4 Å². The molecule has 0 atom stereocenters. The molecule has 0 aliphatic heterocycles. The molecule has 0 amide bonds. The van der Waals surface area contributed by atoms with E-state index in [9.17, 15) is 13.2 Å². The largest absolute Gasteiger partial charge is 0.204 e. The van der Waals surface area contributed by atoms with Gasteiger partial charge in [0, 0.05) is 5.56 Å². The van der Waals surface area contributed by atoms with E-state index in [2.05, 4.69) is 6.92 Å². The number of unbranched alkanes of at least 4 members (excludes halogenated alkanes) is 3. The molecule has 3 heteroatoms. The van der Waals surface area contributed by atoms with Crippen LogP contribution in [0.15, 0.2) is 36.4 Å². The average molecular weight is 374 g/mol. The summed E-state index contributed by atoms with van der Waals surface area (Å²) in [6, 6.07) is 9.95. The van der Waals surface area contributed by atoms with E-state index in [4.69, 9.17) is 0 Å². The lowest BCUT2D eigenvalue weighted by Gasteiger charge is -2.29. The summed E-state index contributed by atoms with van der Waals surface area (Å²) in [4.78, 5) is 0. The Morgan fingerprint density at radius 1 is 0.778 bits per heavy atom. The molecule has 1 aliphatic rings. The monoisotopic (exact) mass is 374 g/mol. The summed E-state index contributed by atoms with van der Waals surface area (Å²) in [7, 11) is 0. The van der Waals surface area contributed by atoms with Gasteiger partial charge in [-0.3, -0.25) is 0 Å². The zero-order valence-electron chi connectivity index (χ0n) is 16.1. The smallest absolute Gasteiger partial charge is 0.195 e. The van der Waals surface area contributed by atoms with Gasteiger partial charge >= 0.3 is 0 Å². The molecule has 0 radical (unpaired) electrons. The number of rotatable bonds is 7. The van der Waals surface area contributed by atoms with Gasteiger partial charge in [-0.2, -0.15) is 0 Å². The first-order chi connectivity index (χ1) is 13.1. The molecular weight excluding hydrogens is 345 g/mol. The van der Waals surface area contributed by atoms with Gasteiger partial charge in [0.15, 0.2) is 17.5 Å². The van der Waals surface area contributed by atoms with Crippen molar-refractivity contribution in [3.05, 3.63) is 59.4 Å². The second-order valence-corrected chi connectivity index (χ2v) is 7.91. The summed E-state index contributed by atoms with van der Waals surface area (Å²) >= 11 is 0. The van der Waals surface area contributed by atoms with E-state index < -0.39 is 17.5 Å². The first-order valence-electron chi connectivity index (χ1n) is 10.3. The van der Waals surface area contributed by atoms with Crippen LogP contribution in [0.3, 0.4) is 0 Å². The molecule has 0 saturated heterocycles. The van der Waals surface area contributed by atoms with Gasteiger partial charge in [0.25, 0.3) is 0 Å². The molecule has 0 bridgehead atoms. The summed E-state index contributed by atoms with van der Waals surface area (Å²) < 4.78 is 40.6. The molecule has 146 valence electrons. The van der Waals surface area contributed by atoms with E-state index in [0.717, 1.165) is 12.0 Å². The standard InChI is InChI=1S/C24H29F3/c1-2-3-4-5-6-17-7-9-18(10-8-17)19-11-13-20(14-12-19)21-15-16-22(25)24(27)23(21)26/h11-18H,2-10H2,1H3. The third kappa shape index (κ3) is 4.94. The minimum atomic E-state index is -1.41. The summed E-state index contributed by atoms with van der Waals surface area (Å²) in [6.45, 7) is 2.25. The van der Waals surface area contributed by atoms with Crippen molar-refractivity contribution in [3.63, 3.8) is 0 Å². The molecule has 1 aliphatic carbocycles. The Kier molecular flexibility index (Phi) is 6.98. The Labute approximate surface area is 160 Å². The fourth-order valence-electron chi connectivity index (χ4n) is 4.33. The Balaban J connectivity index is 1.58. The zero-order chi connectivity index (χ0) is 19.2. The summed E-state index contributed by atoms with van der Waals surface area (Å²) in [6.07, 6.45) is 11.7. The SMILES string of the molecule is CCCCCCC1CCC(c2ccc(-c3ccc(F)c(F)c3F)cc2)CC1. The van der Waals surface area contributed by atoms with E-state index in [1.54, 1.807) is 0 Å². The Hall–Kier alpha value is -1.77. The Morgan fingerprint density at radius 3 is 2.15 bits per heavy atom. The number of hydrogen-bond donors (Lipinski definition) is 0. The molecule has 0 aromatic heterocycles. The van der Waals surface area contributed by atoms with Gasteiger partial charge in [0.05, 0.1) is 0 Å². The van der Waals surface area contributed by atoms with Gasteiger partial charge in [0.1, 0.15) is 0 Å². The Morgan fingerprint density at radius 2 is 1.48 bits per heavy atom. The first-order valence-corrected chi connectivity index (χ1v) is 10.3. The normalized spacial score (nSPS) is 20.0. The van der Waals surface area contributed by atoms with E-state index in [-0.39, 0.29) is 5.56 Å². The fourth-order valence-corrected chi connectivity index (χ4v) is 4.33. The van der Waals surface area contributed by atoms with Crippen molar-refractivity contribution in [2.75, 3.05) is 0 Å². The zero-order valence-corrected chi connectivity index (χ0v) is 16.1. The predicted molar refractivity (Wildman–Crippen MR) is 105 cm³/mol. The molecule has 27 heavy (non-hydrogen) atoms. The van der Waals surface area contributed by atoms with Crippen LogP contribution >= 0.6 is 0 Å². The molecule has 3 rings (SSSR count). The second kappa shape index (κ2) is 9.43. The molecular formula is C24H29F3. The van der Waals surface area contributed by atoms with E-state index >= 15 is 0 Å². The molecule has 0 unspecified atom stereocenters. The molecule has 2 aromatic carbocycles. The number of hydrogen-bond acceptors (Lipinski definition) is 0. The third-order valence-corrected chi connectivity index (χ3v) is 6.04. The maximum Gasteiger partial charge on any atom is 0.195 e. The van der Waals surface area contributed by atoms with Crippen LogP contribution in [0.2, 0.25) is 0 Å². The third-order valence-electron chi connectivity index (χ3n) is 6.04. The minimum absolute atomic E-state index is 0.108. The molecule has 2 aromatic rings. The average Bonchev–Trinajstić information content (AvgIpc) is 2.70. The van der Waals surface area contributed by atoms with Crippen LogP contribution in [-0.4, -0.2) is 0 Å². The number of benzene rings is 2. The quantitative estimate of drug-likeness (QED) is 0.340. The lowest BCUT2D eigenvalue weighted by atomic mass is 9.77. The highest BCUT2D eigenvalue weighted by atomic mass is 19.2. The molecule has 0 nitrogen and oxygen atoms in total. The number of halogens is 3. The van der Waals surface area contributed by atoms with E-state index in [1.807, 2.05) is 24.3 Å². The van der Waals surface area contributed by atoms with Gasteiger partial charge in [-0.25, -0.2) is 13.2 Å². The van der Waals surface area contributed by atoms with Crippen molar-refractivity contribution in [2.24, 2.45) is 5.92 Å². The van der Waals surface area contributed by atoms with Gasteiger partial charge in [0.2, 0.25) is 0 Å². The van der Waals surface area contributed by atoms with Crippen molar-refractivity contribution in [2.45, 2.75) is 70.6 Å². The van der Waals surface area contributed by atoms with Crippen LogP contribution in [0.4, 0.5) is 13.2 Å². The molecule has 0 heterocycles. The minimum Gasteiger partial charge on any atom is -0.204 e. The van der Waals surface area contributed by atoms with Crippen molar-refractivity contribution in [3.8, 4) is 11.1 Å². The van der Waals surface area contributed by atoms with Crippen molar-refractivity contribution >= 4 is 0 Å². The lowest BCUT2D eigenvalue weighted by molar-refractivity contribution is 0.302. The van der Waals surface area contributed by atoms with Crippen LogP contribution < -0.4 is 0 Å². The molecule has 1 fully saturated rings. The van der Waals surface area contributed by atoms with E-state index in [1.165, 1.54) is 69.4 Å². The van der Waals surface area contributed by atoms with Crippen molar-refractivity contribution in [1.29, 1.82) is 0 Å². The lowest BCUT2D eigenvalue weighted by Crippen LogP contribution is -2.13. The molecule has 0 N–H and O–H groups in total. The maximum atomic E-state index is 14.0. The van der Waals surface area contributed by atoms with Crippen molar-refractivity contribution in [1.82, 2.24) is 0 Å². The first kappa shape index (κ1) is 20.0.